The van der Waals surface area contributed by atoms with Gasteiger partial charge in [0.05, 0.1) is 29.9 Å². The topological polar surface area (TPSA) is 112 Å². The molecule has 0 unspecified atom stereocenters. The average Bonchev–Trinajstić information content (AvgIpc) is 3.28. The first kappa shape index (κ1) is 33.5. The number of aliphatic hydroxyl groups excluding tert-OH is 2. The van der Waals surface area contributed by atoms with Crippen LogP contribution in [0.2, 0.25) is 0 Å². The van der Waals surface area contributed by atoms with Gasteiger partial charge in [-0.2, -0.15) is 0 Å². The second kappa shape index (κ2) is 15.5. The van der Waals surface area contributed by atoms with Crippen LogP contribution in [-0.4, -0.2) is 81.7 Å². The number of carbonyl (C=O) groups excluding carboxylic acids is 1. The molecule has 0 radical (unpaired) electrons. The number of nitrogens with one attached hydrogen (secondary N) is 1. The maximum atomic E-state index is 14.0. The molecule has 0 fully saturated rings. The molecule has 0 saturated carbocycles. The minimum atomic E-state index is -1.18. The van der Waals surface area contributed by atoms with Crippen LogP contribution in [-0.2, 0) is 11.3 Å². The van der Waals surface area contributed by atoms with Gasteiger partial charge in [-0.25, -0.2) is 4.39 Å². The number of carbonyl (C=O) groups is 2. The van der Waals surface area contributed by atoms with Crippen molar-refractivity contribution in [2.24, 2.45) is 0 Å². The maximum absolute atomic E-state index is 14.0. The number of amides is 1. The fourth-order valence-corrected chi connectivity index (χ4v) is 5.20. The Balaban J connectivity index is 0.00000484. The van der Waals surface area contributed by atoms with Gasteiger partial charge in [-0.15, -0.1) is 0 Å². The number of hydrogen-bond acceptors (Lipinski definition) is 4. The first-order valence-electron chi connectivity index (χ1n) is 13.7. The number of halogens is 1. The normalized spacial score (nSPS) is 12.4. The van der Waals surface area contributed by atoms with Crippen molar-refractivity contribution in [3.8, 4) is 22.4 Å². The third-order valence-corrected chi connectivity index (χ3v) is 6.93. The number of carboxylic acid groups (broad SMARTS) is 1. The van der Waals surface area contributed by atoms with Gasteiger partial charge in [-0.05, 0) is 66.3 Å². The molecule has 4 aromatic rings. The smallest absolute Gasteiger partial charge is 0.481 e. The fourth-order valence-electron chi connectivity index (χ4n) is 5.20. The summed E-state index contributed by atoms with van der Waals surface area (Å²) in [5.74, 6) is -1.93. The van der Waals surface area contributed by atoms with E-state index in [4.69, 9.17) is 5.11 Å². The second-order valence-electron chi connectivity index (χ2n) is 10.4. The zero-order valence-electron chi connectivity index (χ0n) is 23.8. The van der Waals surface area contributed by atoms with E-state index in [1.54, 1.807) is 12.1 Å². The molecule has 0 aliphatic carbocycles. The predicted octanol–water partition coefficient (Wildman–Crippen LogP) is 5.93. The molecule has 214 valence electrons. The van der Waals surface area contributed by atoms with Gasteiger partial charge in [0.15, 0.2) is 0 Å². The summed E-state index contributed by atoms with van der Waals surface area (Å²) in [6.45, 7) is 4.25. The van der Waals surface area contributed by atoms with Gasteiger partial charge in [0.25, 0.3) is 5.91 Å². The summed E-state index contributed by atoms with van der Waals surface area (Å²) in [5.41, 5.74) is 4.77. The van der Waals surface area contributed by atoms with Gasteiger partial charge in [-0.1, -0.05) is 62.4 Å². The van der Waals surface area contributed by atoms with Crippen LogP contribution in [0.5, 0.6) is 0 Å². The average molecular weight is 599 g/mol. The van der Waals surface area contributed by atoms with Crippen molar-refractivity contribution < 1.29 is 29.3 Å². The Hall–Kier alpha value is -3.01. The number of aromatic nitrogens is 1. The number of para-hydroxylation sites is 1. The molecule has 4 rings (SSSR count). The second-order valence-corrected chi connectivity index (χ2v) is 10.4. The van der Waals surface area contributed by atoms with Crippen LogP contribution in [0.1, 0.15) is 55.1 Å². The van der Waals surface area contributed by atoms with Crippen LogP contribution in [0.3, 0.4) is 0 Å². The number of aliphatic carboxylic acids is 1. The standard InChI is InChI=1S/C33H35FN2O5.Ca/c1-21(2)31-30(33(41)35-25-11-7-4-8-12-25)29(22-9-5-3-6-10-22)32(23-13-15-24(34)16-14-23)36(31)18-17-26(37)19-27(38)20-28(39)40;/h3-16,21,26-27,37-38H,17-20H2,1-2H3,(H,35,41)(H,39,40);/q;+2/t26-,27-;/m1./s1. The molecule has 0 spiro atoms. The first-order chi connectivity index (χ1) is 19.7. The van der Waals surface area contributed by atoms with E-state index >= 15 is 0 Å². The Labute approximate surface area is 275 Å². The van der Waals surface area contributed by atoms with E-state index in [0.717, 1.165) is 11.3 Å². The van der Waals surface area contributed by atoms with Crippen LogP contribution >= 0.6 is 0 Å². The van der Waals surface area contributed by atoms with E-state index in [2.05, 4.69) is 5.32 Å². The van der Waals surface area contributed by atoms with E-state index < -0.39 is 24.6 Å². The van der Waals surface area contributed by atoms with Crippen LogP contribution in [0.15, 0.2) is 84.9 Å². The van der Waals surface area contributed by atoms with Gasteiger partial charge < -0.3 is 25.2 Å². The number of anilines is 1. The third kappa shape index (κ3) is 8.30. The molecule has 42 heavy (non-hydrogen) atoms. The van der Waals surface area contributed by atoms with Crippen molar-refractivity contribution in [2.75, 3.05) is 5.32 Å². The summed E-state index contributed by atoms with van der Waals surface area (Å²) >= 11 is 0. The summed E-state index contributed by atoms with van der Waals surface area (Å²) in [6, 6.07) is 24.8. The summed E-state index contributed by atoms with van der Waals surface area (Å²) in [4.78, 5) is 25.0. The zero-order valence-corrected chi connectivity index (χ0v) is 26.0. The van der Waals surface area contributed by atoms with E-state index in [9.17, 15) is 24.2 Å². The molecule has 0 bridgehead atoms. The summed E-state index contributed by atoms with van der Waals surface area (Å²) in [5, 5.41) is 32.8. The zero-order chi connectivity index (χ0) is 29.5. The number of benzene rings is 3. The Morgan fingerprint density at radius 2 is 1.45 bits per heavy atom. The molecule has 0 saturated heterocycles. The molecule has 1 aromatic heterocycles. The fraction of sp³-hybridized carbons (Fsp3) is 0.273. The van der Waals surface area contributed by atoms with Gasteiger partial charge in [0.2, 0.25) is 0 Å². The Morgan fingerprint density at radius 1 is 0.857 bits per heavy atom. The van der Waals surface area contributed by atoms with E-state index in [0.29, 0.717) is 28.1 Å². The van der Waals surface area contributed by atoms with Gasteiger partial charge >= 0.3 is 43.7 Å². The van der Waals surface area contributed by atoms with Crippen molar-refractivity contribution in [1.29, 1.82) is 0 Å². The molecule has 4 N–H and O–H groups in total. The Bertz CT molecular complexity index is 1470. The quantitative estimate of drug-likeness (QED) is 0.151. The number of aliphatic hydroxyl groups is 2. The largest absolute Gasteiger partial charge is 2.00 e. The van der Waals surface area contributed by atoms with Crippen molar-refractivity contribution in [3.05, 3.63) is 102 Å². The number of carboxylic acids is 1. The Kier molecular flexibility index (Phi) is 12.3. The molecular weight excluding hydrogens is 563 g/mol. The molecule has 7 nitrogen and oxygen atoms in total. The molecule has 0 aliphatic heterocycles. The number of hydrogen-bond donors (Lipinski definition) is 4. The molecule has 9 heteroatoms. The van der Waals surface area contributed by atoms with E-state index in [1.807, 2.05) is 79.1 Å². The summed E-state index contributed by atoms with van der Waals surface area (Å²) < 4.78 is 16.0. The van der Waals surface area contributed by atoms with E-state index in [-0.39, 0.29) is 74.8 Å². The molecule has 3 aromatic carbocycles. The minimum Gasteiger partial charge on any atom is -0.481 e. The molecule has 2 atom stereocenters. The molecule has 1 amide bonds. The minimum absolute atomic E-state index is 0. The van der Waals surface area contributed by atoms with Crippen molar-refractivity contribution in [2.45, 2.75) is 57.8 Å². The molecule has 0 aliphatic rings. The monoisotopic (exact) mass is 598 g/mol. The number of nitrogens with zero attached hydrogens (tertiary/aromatic N) is 1. The van der Waals surface area contributed by atoms with Crippen LogP contribution in [0.4, 0.5) is 10.1 Å². The summed E-state index contributed by atoms with van der Waals surface area (Å²) in [7, 11) is 0. The van der Waals surface area contributed by atoms with Crippen LogP contribution in [0, 0.1) is 5.82 Å². The third-order valence-electron chi connectivity index (χ3n) is 6.93. The van der Waals surface area contributed by atoms with Crippen molar-refractivity contribution in [1.82, 2.24) is 4.57 Å². The SMILES string of the molecule is CC(C)c1c(C(=O)Nc2ccccc2)c(-c2ccccc2)c(-c2ccc(F)cc2)n1CC[C@@H](O)C[C@@H](O)CC(=O)O.[Ca+2]. The maximum Gasteiger partial charge on any atom is 2.00 e. The number of rotatable bonds is 12. The molecular formula is C33H35CaFN2O5+2. The Morgan fingerprint density at radius 3 is 2.02 bits per heavy atom. The summed E-state index contributed by atoms with van der Waals surface area (Å²) in [6.07, 6.45) is -2.51. The van der Waals surface area contributed by atoms with Gasteiger partial charge in [0.1, 0.15) is 5.82 Å². The van der Waals surface area contributed by atoms with E-state index in [1.165, 1.54) is 12.1 Å². The molecule has 1 heterocycles. The van der Waals surface area contributed by atoms with Crippen molar-refractivity contribution in [3.63, 3.8) is 0 Å². The van der Waals surface area contributed by atoms with Gasteiger partial charge in [-0.3, -0.25) is 9.59 Å². The first-order valence-corrected chi connectivity index (χ1v) is 13.7. The van der Waals surface area contributed by atoms with Crippen molar-refractivity contribution >= 4 is 55.3 Å². The van der Waals surface area contributed by atoms with Crippen LogP contribution < -0.4 is 5.32 Å². The predicted molar refractivity (Wildman–Crippen MR) is 163 cm³/mol. The van der Waals surface area contributed by atoms with Gasteiger partial charge in [0, 0.05) is 23.5 Å². The van der Waals surface area contributed by atoms with Crippen LogP contribution in [0.25, 0.3) is 22.4 Å².